The van der Waals surface area contributed by atoms with Gasteiger partial charge in [0.2, 0.25) is 0 Å². The summed E-state index contributed by atoms with van der Waals surface area (Å²) in [5.41, 5.74) is 0.953. The fraction of sp³-hybridized carbons (Fsp3) is 0.154. The fourth-order valence-corrected chi connectivity index (χ4v) is 2.51. The van der Waals surface area contributed by atoms with E-state index in [-0.39, 0.29) is 18.1 Å². The number of halogens is 1. The summed E-state index contributed by atoms with van der Waals surface area (Å²) in [6.45, 7) is 2.42. The first-order valence-corrected chi connectivity index (χ1v) is 6.94. The molecule has 1 N–H and O–H groups in total. The predicted octanol–water partition coefficient (Wildman–Crippen LogP) is 3.96. The first kappa shape index (κ1) is 13.1. The Morgan fingerprint density at radius 3 is 2.56 bits per heavy atom. The zero-order valence-corrected chi connectivity index (χ0v) is 11.4. The van der Waals surface area contributed by atoms with Crippen molar-refractivity contribution >= 4 is 29.4 Å². The minimum atomic E-state index is -0.0722. The third kappa shape index (κ3) is 3.34. The maximum absolute atomic E-state index is 12.2. The van der Waals surface area contributed by atoms with Crippen molar-refractivity contribution in [2.24, 2.45) is 0 Å². The summed E-state index contributed by atoms with van der Waals surface area (Å²) in [4.78, 5) is 14.2. The van der Waals surface area contributed by atoms with Crippen LogP contribution in [0.3, 0.4) is 0 Å². The molecular formula is C13H12FNOS2. The normalized spacial score (nSPS) is 10.3. The number of hydrogen-bond donors (Lipinski definition) is 1. The van der Waals surface area contributed by atoms with Crippen LogP contribution in [-0.2, 0) is 6.54 Å². The van der Waals surface area contributed by atoms with Gasteiger partial charge < -0.3 is 5.32 Å². The molecule has 0 aliphatic heterocycles. The van der Waals surface area contributed by atoms with Crippen LogP contribution in [0.15, 0.2) is 41.3 Å². The molecule has 0 atom stereocenters. The molecule has 18 heavy (non-hydrogen) atoms. The zero-order valence-electron chi connectivity index (χ0n) is 9.77. The predicted molar refractivity (Wildman–Crippen MR) is 73.6 cm³/mol. The number of carbonyl (C=O) groups is 1. The lowest BCUT2D eigenvalue weighted by molar-refractivity contribution is 0.0955. The molecule has 0 radical (unpaired) electrons. The van der Waals surface area contributed by atoms with Crippen molar-refractivity contribution in [2.45, 2.75) is 18.4 Å². The Kier molecular flexibility index (Phi) is 4.38. The number of amides is 1. The molecule has 0 aliphatic carbocycles. The van der Waals surface area contributed by atoms with Crippen LogP contribution >= 0.6 is 23.5 Å². The number of rotatable bonds is 4. The van der Waals surface area contributed by atoms with Gasteiger partial charge in [-0.05, 0) is 36.8 Å². The third-order valence-corrected chi connectivity index (χ3v) is 3.88. The zero-order chi connectivity index (χ0) is 13.0. The summed E-state index contributed by atoms with van der Waals surface area (Å²) in [5.74, 6) is -0.0722. The highest BCUT2D eigenvalue weighted by Crippen LogP contribution is 2.19. The molecule has 0 spiro atoms. The van der Waals surface area contributed by atoms with Gasteiger partial charge in [-0.1, -0.05) is 12.1 Å². The van der Waals surface area contributed by atoms with Gasteiger partial charge in [-0.25, -0.2) is 0 Å². The van der Waals surface area contributed by atoms with Gasteiger partial charge in [0.1, 0.15) is 0 Å². The Morgan fingerprint density at radius 2 is 2.00 bits per heavy atom. The van der Waals surface area contributed by atoms with E-state index in [1.54, 1.807) is 12.1 Å². The largest absolute Gasteiger partial charge is 0.347 e. The molecule has 5 heteroatoms. The van der Waals surface area contributed by atoms with Crippen molar-refractivity contribution in [3.63, 3.8) is 0 Å². The molecular weight excluding hydrogens is 269 g/mol. The smallest absolute Gasteiger partial charge is 0.261 e. The molecule has 2 aromatic rings. The monoisotopic (exact) mass is 281 g/mol. The Morgan fingerprint density at radius 1 is 1.28 bits per heavy atom. The number of benzene rings is 1. The first-order valence-electron chi connectivity index (χ1n) is 5.41. The molecule has 2 nitrogen and oxygen atoms in total. The van der Waals surface area contributed by atoms with Crippen molar-refractivity contribution in [3.05, 3.63) is 51.7 Å². The van der Waals surface area contributed by atoms with Crippen LogP contribution in [-0.4, -0.2) is 5.91 Å². The SMILES string of the molecule is Cc1ccc(C(=O)NCc2ccc(SF)cc2)s1. The summed E-state index contributed by atoms with van der Waals surface area (Å²) in [6.07, 6.45) is 0. The van der Waals surface area contributed by atoms with Crippen LogP contribution in [0, 0.1) is 6.92 Å². The second-order valence-electron chi connectivity index (χ2n) is 3.81. The minimum Gasteiger partial charge on any atom is -0.347 e. The number of nitrogens with one attached hydrogen (secondary N) is 1. The molecule has 0 unspecified atom stereocenters. The summed E-state index contributed by atoms with van der Waals surface area (Å²) >= 11 is 1.69. The van der Waals surface area contributed by atoms with E-state index < -0.39 is 0 Å². The lowest BCUT2D eigenvalue weighted by Gasteiger charge is -2.04. The molecule has 94 valence electrons. The summed E-state index contributed by atoms with van der Waals surface area (Å²) < 4.78 is 12.2. The molecule has 1 amide bonds. The Hall–Kier alpha value is -1.33. The van der Waals surface area contributed by atoms with Crippen LogP contribution in [0.1, 0.15) is 20.1 Å². The van der Waals surface area contributed by atoms with Gasteiger partial charge in [-0.15, -0.1) is 11.3 Å². The fourth-order valence-electron chi connectivity index (χ4n) is 1.48. The van der Waals surface area contributed by atoms with E-state index in [4.69, 9.17) is 0 Å². The lowest BCUT2D eigenvalue weighted by atomic mass is 10.2. The van der Waals surface area contributed by atoms with Crippen molar-refractivity contribution in [1.82, 2.24) is 5.32 Å². The van der Waals surface area contributed by atoms with Gasteiger partial charge in [-0.3, -0.25) is 4.79 Å². The topological polar surface area (TPSA) is 29.1 Å². The minimum absolute atomic E-state index is 0.0722. The van der Waals surface area contributed by atoms with Crippen LogP contribution in [0.25, 0.3) is 0 Å². The number of thiophene rings is 1. The van der Waals surface area contributed by atoms with Crippen molar-refractivity contribution in [3.8, 4) is 0 Å². The quantitative estimate of drug-likeness (QED) is 0.919. The van der Waals surface area contributed by atoms with Gasteiger partial charge in [-0.2, -0.15) is 3.89 Å². The van der Waals surface area contributed by atoms with E-state index in [2.05, 4.69) is 5.32 Å². The van der Waals surface area contributed by atoms with Gasteiger partial charge in [0.25, 0.3) is 5.91 Å². The number of aryl methyl sites for hydroxylation is 1. The van der Waals surface area contributed by atoms with Crippen molar-refractivity contribution < 1.29 is 8.68 Å². The average Bonchev–Trinajstić information content (AvgIpc) is 2.83. The summed E-state index contributed by atoms with van der Waals surface area (Å²) in [6, 6.07) is 10.7. The van der Waals surface area contributed by atoms with E-state index in [1.807, 2.05) is 31.2 Å². The molecule has 0 fully saturated rings. The van der Waals surface area contributed by atoms with Gasteiger partial charge in [0.05, 0.1) is 17.0 Å². The molecule has 1 aromatic carbocycles. The molecule has 1 aromatic heterocycles. The highest BCUT2D eigenvalue weighted by Gasteiger charge is 2.07. The van der Waals surface area contributed by atoms with Crippen molar-refractivity contribution in [1.29, 1.82) is 0 Å². The van der Waals surface area contributed by atoms with Crippen LogP contribution in [0.4, 0.5) is 3.89 Å². The molecule has 0 saturated carbocycles. The van der Waals surface area contributed by atoms with Gasteiger partial charge in [0.15, 0.2) is 0 Å². The second-order valence-corrected chi connectivity index (χ2v) is 5.73. The standard InChI is InChI=1S/C13H12FNOS2/c1-9-2-7-12(17-9)13(16)15-8-10-3-5-11(18-14)6-4-10/h2-7H,8H2,1H3,(H,15,16). The number of hydrogen-bond acceptors (Lipinski definition) is 3. The molecule has 1 heterocycles. The van der Waals surface area contributed by atoms with E-state index >= 15 is 0 Å². The van der Waals surface area contributed by atoms with Crippen LogP contribution in [0.2, 0.25) is 0 Å². The van der Waals surface area contributed by atoms with Gasteiger partial charge in [0, 0.05) is 16.3 Å². The van der Waals surface area contributed by atoms with E-state index in [0.29, 0.717) is 16.3 Å². The average molecular weight is 281 g/mol. The highest BCUT2D eigenvalue weighted by atomic mass is 32.2. The van der Waals surface area contributed by atoms with E-state index in [1.165, 1.54) is 11.3 Å². The van der Waals surface area contributed by atoms with Gasteiger partial charge >= 0.3 is 0 Å². The molecule has 2 rings (SSSR count). The molecule has 0 bridgehead atoms. The Balaban J connectivity index is 1.92. The third-order valence-electron chi connectivity index (χ3n) is 2.43. The summed E-state index contributed by atoms with van der Waals surface area (Å²) in [5, 5.41) is 2.84. The lowest BCUT2D eigenvalue weighted by Crippen LogP contribution is -2.21. The van der Waals surface area contributed by atoms with E-state index in [0.717, 1.165) is 10.4 Å². The van der Waals surface area contributed by atoms with Crippen LogP contribution in [0.5, 0.6) is 0 Å². The maximum Gasteiger partial charge on any atom is 0.261 e. The Bertz CT molecular complexity index is 536. The Labute approximate surface area is 114 Å². The maximum atomic E-state index is 12.2. The van der Waals surface area contributed by atoms with Crippen molar-refractivity contribution in [2.75, 3.05) is 0 Å². The summed E-state index contributed by atoms with van der Waals surface area (Å²) in [7, 11) is 0. The second kappa shape index (κ2) is 6.02. The number of carbonyl (C=O) groups excluding carboxylic acids is 1. The van der Waals surface area contributed by atoms with Crippen LogP contribution < -0.4 is 5.32 Å². The first-order chi connectivity index (χ1) is 8.69. The van der Waals surface area contributed by atoms with E-state index in [9.17, 15) is 8.68 Å². The molecule has 0 aliphatic rings. The highest BCUT2D eigenvalue weighted by molar-refractivity contribution is 7.94. The molecule has 0 saturated heterocycles.